The summed E-state index contributed by atoms with van der Waals surface area (Å²) in [6, 6.07) is 3.79. The van der Waals surface area contributed by atoms with Gasteiger partial charge in [-0.25, -0.2) is 4.39 Å². The van der Waals surface area contributed by atoms with Gasteiger partial charge < -0.3 is 15.3 Å². The lowest BCUT2D eigenvalue weighted by Crippen LogP contribution is -2.21. The van der Waals surface area contributed by atoms with E-state index < -0.39 is 18.0 Å². The number of aldehydes is 1. The van der Waals surface area contributed by atoms with Gasteiger partial charge in [-0.3, -0.25) is 4.79 Å². The number of hydrogen-bond acceptors (Lipinski definition) is 4. The monoisotopic (exact) mass is 228 g/mol. The van der Waals surface area contributed by atoms with Crippen LogP contribution in [0.4, 0.5) is 4.39 Å². The first-order valence-electron chi connectivity index (χ1n) is 4.82. The Bertz CT molecular complexity index is 367. The van der Waals surface area contributed by atoms with Crippen molar-refractivity contribution in [3.8, 4) is 0 Å². The van der Waals surface area contributed by atoms with Crippen molar-refractivity contribution in [2.75, 3.05) is 6.61 Å². The number of halogens is 1. The van der Waals surface area contributed by atoms with E-state index >= 15 is 0 Å². The first-order chi connectivity index (χ1) is 7.61. The molecule has 0 bridgehead atoms. The maximum Gasteiger partial charge on any atom is 0.153 e. The Morgan fingerprint density at radius 1 is 1.38 bits per heavy atom. The fourth-order valence-corrected chi connectivity index (χ4v) is 1.43. The van der Waals surface area contributed by atoms with Crippen molar-refractivity contribution in [2.24, 2.45) is 0 Å². The van der Waals surface area contributed by atoms with Crippen molar-refractivity contribution >= 4 is 6.29 Å². The van der Waals surface area contributed by atoms with Crippen molar-refractivity contribution < 1.29 is 24.5 Å². The van der Waals surface area contributed by atoms with Gasteiger partial charge in [-0.05, 0) is 18.1 Å². The summed E-state index contributed by atoms with van der Waals surface area (Å²) in [6.45, 7) is -0.302. The van der Waals surface area contributed by atoms with Crippen LogP contribution in [0, 0.1) is 5.82 Å². The van der Waals surface area contributed by atoms with Crippen molar-refractivity contribution in [1.82, 2.24) is 0 Å². The highest BCUT2D eigenvalue weighted by molar-refractivity contribution is 5.77. The molecule has 2 unspecified atom stereocenters. The second-order valence-corrected chi connectivity index (χ2v) is 3.39. The molecule has 0 aliphatic heterocycles. The minimum atomic E-state index is -1.39. The van der Waals surface area contributed by atoms with Crippen LogP contribution in [0.15, 0.2) is 18.2 Å². The Balaban J connectivity index is 3.03. The molecule has 1 aromatic rings. The molecule has 4 nitrogen and oxygen atoms in total. The summed E-state index contributed by atoms with van der Waals surface area (Å²) in [7, 11) is 0. The van der Waals surface area contributed by atoms with Crippen LogP contribution in [0.1, 0.15) is 28.4 Å². The van der Waals surface area contributed by atoms with Crippen LogP contribution in [-0.4, -0.2) is 34.3 Å². The topological polar surface area (TPSA) is 77.8 Å². The van der Waals surface area contributed by atoms with Crippen molar-refractivity contribution in [2.45, 2.75) is 18.6 Å². The minimum Gasteiger partial charge on any atom is -0.396 e. The van der Waals surface area contributed by atoms with Gasteiger partial charge in [0.2, 0.25) is 0 Å². The van der Waals surface area contributed by atoms with Gasteiger partial charge in [-0.15, -0.1) is 0 Å². The van der Waals surface area contributed by atoms with Crippen molar-refractivity contribution in [3.05, 3.63) is 35.1 Å². The molecule has 0 radical (unpaired) electrons. The second kappa shape index (κ2) is 5.69. The predicted molar refractivity (Wildman–Crippen MR) is 54.5 cm³/mol. The highest BCUT2D eigenvalue weighted by atomic mass is 19.1. The maximum absolute atomic E-state index is 13.2. The van der Waals surface area contributed by atoms with Gasteiger partial charge in [0.25, 0.3) is 0 Å². The summed E-state index contributed by atoms with van der Waals surface area (Å²) >= 11 is 0. The van der Waals surface area contributed by atoms with Crippen LogP contribution in [0.3, 0.4) is 0 Å². The zero-order valence-electron chi connectivity index (χ0n) is 8.51. The van der Waals surface area contributed by atoms with Crippen LogP contribution in [0.2, 0.25) is 0 Å². The molecule has 0 heterocycles. The third-order valence-corrected chi connectivity index (χ3v) is 2.31. The summed E-state index contributed by atoms with van der Waals surface area (Å²) < 4.78 is 13.2. The van der Waals surface area contributed by atoms with E-state index in [1.54, 1.807) is 0 Å². The van der Waals surface area contributed by atoms with Gasteiger partial charge in [0.05, 0.1) is 11.7 Å². The van der Waals surface area contributed by atoms with Crippen LogP contribution < -0.4 is 0 Å². The van der Waals surface area contributed by atoms with E-state index in [0.717, 1.165) is 6.07 Å². The maximum atomic E-state index is 13.2. The van der Waals surface area contributed by atoms with Gasteiger partial charge >= 0.3 is 0 Å². The SMILES string of the molecule is O=Cc1c(F)cccc1C(O)C(O)CCO. The molecule has 0 saturated carbocycles. The van der Waals surface area contributed by atoms with Gasteiger partial charge in [0.1, 0.15) is 11.9 Å². The quantitative estimate of drug-likeness (QED) is 0.638. The lowest BCUT2D eigenvalue weighted by molar-refractivity contribution is 0.00380. The van der Waals surface area contributed by atoms with Gasteiger partial charge in [-0.1, -0.05) is 12.1 Å². The minimum absolute atomic E-state index is 0.0240. The smallest absolute Gasteiger partial charge is 0.153 e. The molecule has 1 rings (SSSR count). The van der Waals surface area contributed by atoms with E-state index in [0.29, 0.717) is 6.29 Å². The van der Waals surface area contributed by atoms with E-state index in [1.165, 1.54) is 12.1 Å². The van der Waals surface area contributed by atoms with Crippen molar-refractivity contribution in [3.63, 3.8) is 0 Å². The van der Waals surface area contributed by atoms with E-state index in [4.69, 9.17) is 5.11 Å². The summed E-state index contributed by atoms with van der Waals surface area (Å²) in [5.41, 5.74) is -0.247. The van der Waals surface area contributed by atoms with Crippen LogP contribution >= 0.6 is 0 Å². The summed E-state index contributed by atoms with van der Waals surface area (Å²) in [5.74, 6) is -0.747. The molecule has 0 fully saturated rings. The number of carbonyl (C=O) groups excluding carboxylic acids is 1. The fourth-order valence-electron chi connectivity index (χ4n) is 1.43. The van der Waals surface area contributed by atoms with Gasteiger partial charge in [0, 0.05) is 6.61 Å². The van der Waals surface area contributed by atoms with Crippen LogP contribution in [-0.2, 0) is 0 Å². The van der Waals surface area contributed by atoms with Gasteiger partial charge in [-0.2, -0.15) is 0 Å². The summed E-state index contributed by atoms with van der Waals surface area (Å²) in [4.78, 5) is 10.7. The fraction of sp³-hybridized carbons (Fsp3) is 0.364. The number of aliphatic hydroxyl groups is 3. The molecule has 0 amide bonds. The molecule has 2 atom stereocenters. The van der Waals surface area contributed by atoms with E-state index in [2.05, 4.69) is 0 Å². The average Bonchev–Trinajstić information content (AvgIpc) is 2.28. The Hall–Kier alpha value is -1.30. The molecular formula is C11H13FO4. The Morgan fingerprint density at radius 3 is 2.62 bits per heavy atom. The molecule has 1 aromatic carbocycles. The molecule has 0 aliphatic rings. The lowest BCUT2D eigenvalue weighted by atomic mass is 9.97. The number of benzene rings is 1. The molecule has 0 saturated heterocycles. The van der Waals surface area contributed by atoms with E-state index in [1.807, 2.05) is 0 Å². The Kier molecular flexibility index (Phi) is 4.54. The molecule has 5 heteroatoms. The number of rotatable bonds is 5. The molecule has 0 aliphatic carbocycles. The third kappa shape index (κ3) is 2.63. The van der Waals surface area contributed by atoms with Gasteiger partial charge in [0.15, 0.2) is 6.29 Å². The third-order valence-electron chi connectivity index (χ3n) is 2.31. The Morgan fingerprint density at radius 2 is 2.06 bits per heavy atom. The predicted octanol–water partition coefficient (Wildman–Crippen LogP) is 0.415. The van der Waals surface area contributed by atoms with Crippen molar-refractivity contribution in [1.29, 1.82) is 0 Å². The number of carbonyl (C=O) groups is 1. The molecule has 16 heavy (non-hydrogen) atoms. The first kappa shape index (κ1) is 12.8. The molecule has 88 valence electrons. The molecular weight excluding hydrogens is 215 g/mol. The van der Waals surface area contributed by atoms with Crippen LogP contribution in [0.5, 0.6) is 0 Å². The molecule has 3 N–H and O–H groups in total. The first-order valence-corrected chi connectivity index (χ1v) is 4.82. The number of aliphatic hydroxyl groups excluding tert-OH is 3. The summed E-state index contributed by atoms with van der Waals surface area (Å²) in [5, 5.41) is 27.7. The lowest BCUT2D eigenvalue weighted by Gasteiger charge is -2.18. The summed E-state index contributed by atoms with van der Waals surface area (Å²) in [6.07, 6.45) is -2.37. The normalized spacial score (nSPS) is 14.5. The van der Waals surface area contributed by atoms with Crippen LogP contribution in [0.25, 0.3) is 0 Å². The largest absolute Gasteiger partial charge is 0.396 e. The zero-order chi connectivity index (χ0) is 12.1. The standard InChI is InChI=1S/C11H13FO4/c12-9-3-1-2-7(8(9)6-14)11(16)10(15)4-5-13/h1-3,6,10-11,13,15-16H,4-5H2. The van der Waals surface area contributed by atoms with E-state index in [-0.39, 0.29) is 24.2 Å². The Labute approximate surface area is 92.0 Å². The average molecular weight is 228 g/mol. The van der Waals surface area contributed by atoms with E-state index in [9.17, 15) is 19.4 Å². The molecule has 0 aromatic heterocycles. The molecule has 0 spiro atoms. The number of hydrogen-bond donors (Lipinski definition) is 3. The zero-order valence-corrected chi connectivity index (χ0v) is 8.51. The second-order valence-electron chi connectivity index (χ2n) is 3.39. The highest BCUT2D eigenvalue weighted by Gasteiger charge is 2.22. The highest BCUT2D eigenvalue weighted by Crippen LogP contribution is 2.23.